The highest BCUT2D eigenvalue weighted by Crippen LogP contribution is 2.27. The highest BCUT2D eigenvalue weighted by Gasteiger charge is 2.16. The molecule has 2 N–H and O–H groups in total. The quantitative estimate of drug-likeness (QED) is 0.889. The van der Waals surface area contributed by atoms with Gasteiger partial charge in [0.1, 0.15) is 5.82 Å². The van der Waals surface area contributed by atoms with Gasteiger partial charge in [-0.25, -0.2) is 4.39 Å². The summed E-state index contributed by atoms with van der Waals surface area (Å²) in [6, 6.07) is 9.47. The second-order valence-electron chi connectivity index (χ2n) is 5.30. The van der Waals surface area contributed by atoms with Crippen molar-refractivity contribution in [2.75, 3.05) is 4.90 Å². The highest BCUT2D eigenvalue weighted by molar-refractivity contribution is 7.09. The van der Waals surface area contributed by atoms with Gasteiger partial charge in [0.05, 0.1) is 12.2 Å². The summed E-state index contributed by atoms with van der Waals surface area (Å²) >= 11 is 1.69. The Labute approximate surface area is 124 Å². The van der Waals surface area contributed by atoms with E-state index in [2.05, 4.69) is 24.8 Å². The number of nitrogens with two attached hydrogens (primary N) is 1. The molecule has 0 unspecified atom stereocenters. The molecular formula is C16H21FN2S. The summed E-state index contributed by atoms with van der Waals surface area (Å²) in [4.78, 5) is 3.31. The predicted octanol–water partition coefficient (Wildman–Crippen LogP) is 4.32. The molecule has 4 heteroatoms. The molecular weight excluding hydrogens is 271 g/mol. The van der Waals surface area contributed by atoms with E-state index in [1.54, 1.807) is 17.4 Å². The van der Waals surface area contributed by atoms with Crippen molar-refractivity contribution in [1.29, 1.82) is 0 Å². The van der Waals surface area contributed by atoms with E-state index in [1.165, 1.54) is 4.88 Å². The van der Waals surface area contributed by atoms with Gasteiger partial charge in [0, 0.05) is 17.0 Å². The zero-order chi connectivity index (χ0) is 14.7. The van der Waals surface area contributed by atoms with Crippen molar-refractivity contribution < 1.29 is 4.39 Å². The van der Waals surface area contributed by atoms with Gasteiger partial charge in [0.2, 0.25) is 0 Å². The van der Waals surface area contributed by atoms with Crippen LogP contribution in [0.2, 0.25) is 0 Å². The first-order valence-corrected chi connectivity index (χ1v) is 7.71. The van der Waals surface area contributed by atoms with E-state index in [0.29, 0.717) is 5.69 Å². The normalized spacial score (nSPS) is 12.7. The third-order valence-corrected chi connectivity index (χ3v) is 4.20. The maximum Gasteiger partial charge on any atom is 0.146 e. The number of anilines is 1. The van der Waals surface area contributed by atoms with Crippen molar-refractivity contribution in [3.63, 3.8) is 0 Å². The number of halogens is 1. The van der Waals surface area contributed by atoms with Gasteiger partial charge < -0.3 is 10.6 Å². The van der Waals surface area contributed by atoms with E-state index in [1.807, 2.05) is 30.5 Å². The molecule has 0 aliphatic rings. The summed E-state index contributed by atoms with van der Waals surface area (Å²) < 4.78 is 14.4. The maximum atomic E-state index is 14.4. The Morgan fingerprint density at radius 3 is 2.50 bits per heavy atom. The molecule has 0 spiro atoms. The highest BCUT2D eigenvalue weighted by atomic mass is 32.1. The van der Waals surface area contributed by atoms with E-state index in [-0.39, 0.29) is 17.9 Å². The molecule has 0 saturated heterocycles. The Balaban J connectivity index is 2.30. The average Bonchev–Trinajstić information content (AvgIpc) is 2.89. The molecule has 1 aromatic carbocycles. The van der Waals surface area contributed by atoms with Crippen LogP contribution in [0, 0.1) is 5.82 Å². The summed E-state index contributed by atoms with van der Waals surface area (Å²) in [5.41, 5.74) is 7.26. The molecule has 0 aliphatic heterocycles. The molecule has 0 bridgehead atoms. The number of rotatable bonds is 5. The van der Waals surface area contributed by atoms with Crippen molar-refractivity contribution in [3.05, 3.63) is 52.0 Å². The molecule has 1 aromatic heterocycles. The monoisotopic (exact) mass is 292 g/mol. The van der Waals surface area contributed by atoms with Crippen LogP contribution >= 0.6 is 11.3 Å². The Morgan fingerprint density at radius 2 is 2.00 bits per heavy atom. The molecule has 0 fully saturated rings. The zero-order valence-electron chi connectivity index (χ0n) is 12.1. The van der Waals surface area contributed by atoms with Crippen LogP contribution in [0.15, 0.2) is 35.7 Å². The van der Waals surface area contributed by atoms with E-state index in [9.17, 15) is 4.39 Å². The number of nitrogens with zero attached hydrogens (tertiary/aromatic N) is 1. The first-order chi connectivity index (χ1) is 9.49. The molecule has 2 nitrogen and oxygen atoms in total. The molecule has 0 amide bonds. The third-order valence-electron chi connectivity index (χ3n) is 3.34. The molecule has 1 atom stereocenters. The fourth-order valence-electron chi connectivity index (χ4n) is 2.16. The molecule has 2 rings (SSSR count). The zero-order valence-corrected chi connectivity index (χ0v) is 13.0. The van der Waals surface area contributed by atoms with Gasteiger partial charge in [-0.2, -0.15) is 0 Å². The molecule has 0 radical (unpaired) electrons. The lowest BCUT2D eigenvalue weighted by Crippen LogP contribution is -2.30. The molecule has 108 valence electrons. The standard InChI is InChI=1S/C16H21FN2S/c1-11(2)19(10-14-5-4-8-20-14)16-7-6-13(12(3)18)9-15(16)17/h4-9,11-12H,10,18H2,1-3H3/t12-/m1/s1. The number of hydrogen-bond acceptors (Lipinski definition) is 3. The van der Waals surface area contributed by atoms with Gasteiger partial charge in [-0.05, 0) is 49.9 Å². The summed E-state index contributed by atoms with van der Waals surface area (Å²) in [6.07, 6.45) is 0. The van der Waals surface area contributed by atoms with Gasteiger partial charge in [0.15, 0.2) is 0 Å². The number of benzene rings is 1. The minimum absolute atomic E-state index is 0.150. The first-order valence-electron chi connectivity index (χ1n) is 6.83. The Kier molecular flexibility index (Phi) is 4.78. The average molecular weight is 292 g/mol. The third kappa shape index (κ3) is 3.38. The lowest BCUT2D eigenvalue weighted by Gasteiger charge is -2.29. The predicted molar refractivity (Wildman–Crippen MR) is 84.6 cm³/mol. The maximum absolute atomic E-state index is 14.4. The Hall–Kier alpha value is -1.39. The van der Waals surface area contributed by atoms with E-state index in [0.717, 1.165) is 12.1 Å². The van der Waals surface area contributed by atoms with Crippen LogP contribution in [0.25, 0.3) is 0 Å². The largest absolute Gasteiger partial charge is 0.362 e. The molecule has 2 aromatic rings. The lowest BCUT2D eigenvalue weighted by atomic mass is 10.1. The minimum atomic E-state index is -0.204. The van der Waals surface area contributed by atoms with Crippen molar-refractivity contribution in [1.82, 2.24) is 0 Å². The first kappa shape index (κ1) is 15.0. The van der Waals surface area contributed by atoms with Crippen molar-refractivity contribution in [3.8, 4) is 0 Å². The SMILES string of the molecule is CC(C)N(Cc1cccs1)c1ccc([C@@H](C)N)cc1F. The van der Waals surface area contributed by atoms with Crippen LogP contribution in [0.3, 0.4) is 0 Å². The molecule has 0 aliphatic carbocycles. The minimum Gasteiger partial charge on any atom is -0.362 e. The lowest BCUT2D eigenvalue weighted by molar-refractivity contribution is 0.596. The van der Waals surface area contributed by atoms with Gasteiger partial charge in [-0.15, -0.1) is 11.3 Å². The van der Waals surface area contributed by atoms with Gasteiger partial charge in [-0.1, -0.05) is 12.1 Å². The van der Waals surface area contributed by atoms with E-state index >= 15 is 0 Å². The summed E-state index contributed by atoms with van der Waals surface area (Å²) in [6.45, 7) is 6.74. The second-order valence-corrected chi connectivity index (χ2v) is 6.33. The fourth-order valence-corrected chi connectivity index (χ4v) is 2.86. The molecule has 0 saturated carbocycles. The Morgan fingerprint density at radius 1 is 1.25 bits per heavy atom. The Bertz CT molecular complexity index is 550. The molecule has 1 heterocycles. The van der Waals surface area contributed by atoms with Gasteiger partial charge in [0.25, 0.3) is 0 Å². The summed E-state index contributed by atoms with van der Waals surface area (Å²) in [5, 5.41) is 2.05. The second kappa shape index (κ2) is 6.37. The van der Waals surface area contributed by atoms with Crippen LogP contribution in [0.1, 0.15) is 37.3 Å². The van der Waals surface area contributed by atoms with Crippen LogP contribution < -0.4 is 10.6 Å². The van der Waals surface area contributed by atoms with E-state index in [4.69, 9.17) is 5.73 Å². The van der Waals surface area contributed by atoms with Gasteiger partial charge >= 0.3 is 0 Å². The van der Waals surface area contributed by atoms with E-state index < -0.39 is 0 Å². The fraction of sp³-hybridized carbons (Fsp3) is 0.375. The van der Waals surface area contributed by atoms with Crippen LogP contribution in [0.4, 0.5) is 10.1 Å². The molecule has 20 heavy (non-hydrogen) atoms. The topological polar surface area (TPSA) is 29.3 Å². The number of thiophene rings is 1. The van der Waals surface area contributed by atoms with Gasteiger partial charge in [-0.3, -0.25) is 0 Å². The van der Waals surface area contributed by atoms with Crippen LogP contribution in [-0.4, -0.2) is 6.04 Å². The van der Waals surface area contributed by atoms with Crippen molar-refractivity contribution in [2.45, 2.75) is 39.4 Å². The van der Waals surface area contributed by atoms with Crippen LogP contribution in [0.5, 0.6) is 0 Å². The summed E-state index contributed by atoms with van der Waals surface area (Å²) in [5.74, 6) is -0.204. The van der Waals surface area contributed by atoms with Crippen molar-refractivity contribution >= 4 is 17.0 Å². The van der Waals surface area contributed by atoms with Crippen LogP contribution in [-0.2, 0) is 6.54 Å². The number of hydrogen-bond donors (Lipinski definition) is 1. The summed E-state index contributed by atoms with van der Waals surface area (Å²) in [7, 11) is 0. The smallest absolute Gasteiger partial charge is 0.146 e. The van der Waals surface area contributed by atoms with Crippen molar-refractivity contribution in [2.24, 2.45) is 5.73 Å².